The Labute approximate surface area is 89.0 Å². The van der Waals surface area contributed by atoms with E-state index < -0.39 is 0 Å². The van der Waals surface area contributed by atoms with Crippen LogP contribution in [0.15, 0.2) is 30.9 Å². The number of hydrogen-bond acceptors (Lipinski definition) is 3. The van der Waals surface area contributed by atoms with Crippen molar-refractivity contribution < 1.29 is 14.6 Å². The van der Waals surface area contributed by atoms with Gasteiger partial charge in [0.25, 0.3) is 0 Å². The van der Waals surface area contributed by atoms with Crippen molar-refractivity contribution >= 4 is 5.97 Å². The van der Waals surface area contributed by atoms with E-state index in [4.69, 9.17) is 0 Å². The molecule has 0 aliphatic rings. The number of phenols is 1. The quantitative estimate of drug-likeness (QED) is 0.604. The first-order valence-corrected chi connectivity index (χ1v) is 4.66. The largest absolute Gasteiger partial charge is 0.508 e. The summed E-state index contributed by atoms with van der Waals surface area (Å²) in [6, 6.07) is 5.07. The molecule has 1 N–H and O–H groups in total. The molecule has 0 amide bonds. The summed E-state index contributed by atoms with van der Waals surface area (Å²) in [6.07, 6.45) is 2.51. The molecule has 0 fully saturated rings. The summed E-state index contributed by atoms with van der Waals surface area (Å²) in [7, 11) is 1.35. The van der Waals surface area contributed by atoms with Crippen molar-refractivity contribution in [2.75, 3.05) is 7.11 Å². The Morgan fingerprint density at radius 2 is 2.33 bits per heavy atom. The lowest BCUT2D eigenvalue weighted by molar-refractivity contribution is -0.139. The summed E-state index contributed by atoms with van der Waals surface area (Å²) in [5.74, 6) is -0.0613. The van der Waals surface area contributed by atoms with Gasteiger partial charge in [0.2, 0.25) is 0 Å². The van der Waals surface area contributed by atoms with Gasteiger partial charge in [-0.05, 0) is 23.6 Å². The number of carbonyl (C=O) groups excluding carboxylic acids is 1. The standard InChI is InChI=1S/C12H14O3/c1-3-4-10-7-9(5-6-11(10)13)8-12(14)15-2/h3,5-7,13H,1,4,8H2,2H3. The third kappa shape index (κ3) is 3.13. The van der Waals surface area contributed by atoms with Gasteiger partial charge >= 0.3 is 5.97 Å². The van der Waals surface area contributed by atoms with Crippen molar-refractivity contribution in [1.82, 2.24) is 0 Å². The average molecular weight is 206 g/mol. The fraction of sp³-hybridized carbons (Fsp3) is 0.250. The van der Waals surface area contributed by atoms with Gasteiger partial charge in [0, 0.05) is 0 Å². The first-order valence-electron chi connectivity index (χ1n) is 4.66. The highest BCUT2D eigenvalue weighted by Gasteiger charge is 2.05. The van der Waals surface area contributed by atoms with E-state index in [1.165, 1.54) is 7.11 Å². The van der Waals surface area contributed by atoms with E-state index in [-0.39, 0.29) is 18.1 Å². The zero-order valence-corrected chi connectivity index (χ0v) is 8.69. The molecule has 0 atom stereocenters. The summed E-state index contributed by atoms with van der Waals surface area (Å²) in [6.45, 7) is 3.60. The molecule has 0 aliphatic heterocycles. The smallest absolute Gasteiger partial charge is 0.309 e. The number of esters is 1. The van der Waals surface area contributed by atoms with E-state index in [0.717, 1.165) is 11.1 Å². The van der Waals surface area contributed by atoms with Crippen molar-refractivity contribution in [2.24, 2.45) is 0 Å². The molecule has 0 radical (unpaired) electrons. The maximum Gasteiger partial charge on any atom is 0.309 e. The molecular formula is C12H14O3. The van der Waals surface area contributed by atoms with Crippen LogP contribution < -0.4 is 0 Å². The topological polar surface area (TPSA) is 46.5 Å². The highest BCUT2D eigenvalue weighted by Crippen LogP contribution is 2.19. The molecule has 3 nitrogen and oxygen atoms in total. The number of phenolic OH excluding ortho intramolecular Hbond substituents is 1. The van der Waals surface area contributed by atoms with Gasteiger partial charge in [-0.15, -0.1) is 6.58 Å². The molecule has 0 unspecified atom stereocenters. The Kier molecular flexibility index (Phi) is 3.92. The SMILES string of the molecule is C=CCc1cc(CC(=O)OC)ccc1O. The summed E-state index contributed by atoms with van der Waals surface area (Å²) >= 11 is 0. The van der Waals surface area contributed by atoms with Gasteiger partial charge in [-0.25, -0.2) is 0 Å². The van der Waals surface area contributed by atoms with E-state index in [1.54, 1.807) is 24.3 Å². The predicted molar refractivity (Wildman–Crippen MR) is 57.7 cm³/mol. The number of carbonyl (C=O) groups is 1. The summed E-state index contributed by atoms with van der Waals surface area (Å²) in [4.78, 5) is 11.0. The Morgan fingerprint density at radius 1 is 1.60 bits per heavy atom. The summed E-state index contributed by atoms with van der Waals surface area (Å²) in [5.41, 5.74) is 1.60. The molecule has 3 heteroatoms. The number of allylic oxidation sites excluding steroid dienone is 1. The Morgan fingerprint density at radius 3 is 2.93 bits per heavy atom. The molecule has 0 aliphatic carbocycles. The highest BCUT2D eigenvalue weighted by molar-refractivity contribution is 5.72. The van der Waals surface area contributed by atoms with E-state index in [0.29, 0.717) is 6.42 Å². The Balaban J connectivity index is 2.86. The van der Waals surface area contributed by atoms with Crippen LogP contribution in [0.2, 0.25) is 0 Å². The second kappa shape index (κ2) is 5.20. The predicted octanol–water partition coefficient (Wildman–Crippen LogP) is 1.84. The molecule has 15 heavy (non-hydrogen) atoms. The van der Waals surface area contributed by atoms with Gasteiger partial charge in [0.15, 0.2) is 0 Å². The minimum atomic E-state index is -0.287. The van der Waals surface area contributed by atoms with Crippen molar-refractivity contribution in [1.29, 1.82) is 0 Å². The summed E-state index contributed by atoms with van der Waals surface area (Å²) in [5, 5.41) is 9.49. The van der Waals surface area contributed by atoms with E-state index in [2.05, 4.69) is 11.3 Å². The van der Waals surface area contributed by atoms with Crippen molar-refractivity contribution in [3.63, 3.8) is 0 Å². The van der Waals surface area contributed by atoms with Crippen molar-refractivity contribution in [3.8, 4) is 5.75 Å². The monoisotopic (exact) mass is 206 g/mol. The van der Waals surface area contributed by atoms with E-state index >= 15 is 0 Å². The molecule has 0 heterocycles. The second-order valence-corrected chi connectivity index (χ2v) is 3.21. The minimum Gasteiger partial charge on any atom is -0.508 e. The maximum absolute atomic E-state index is 11.0. The Bertz CT molecular complexity index is 369. The molecule has 0 saturated carbocycles. The number of rotatable bonds is 4. The molecule has 1 aromatic carbocycles. The lowest BCUT2D eigenvalue weighted by atomic mass is 10.0. The van der Waals surface area contributed by atoms with Gasteiger partial charge in [-0.1, -0.05) is 18.2 Å². The van der Waals surface area contributed by atoms with Gasteiger partial charge in [0.05, 0.1) is 13.5 Å². The minimum absolute atomic E-state index is 0.223. The highest BCUT2D eigenvalue weighted by atomic mass is 16.5. The number of ether oxygens (including phenoxy) is 1. The van der Waals surface area contributed by atoms with Crippen molar-refractivity contribution in [2.45, 2.75) is 12.8 Å². The molecule has 0 bridgehead atoms. The van der Waals surface area contributed by atoms with Gasteiger partial charge in [-0.2, -0.15) is 0 Å². The van der Waals surface area contributed by atoms with Crippen LogP contribution in [0.4, 0.5) is 0 Å². The zero-order valence-electron chi connectivity index (χ0n) is 8.69. The molecule has 1 rings (SSSR count). The third-order valence-electron chi connectivity index (χ3n) is 2.08. The van der Waals surface area contributed by atoms with Gasteiger partial charge in [-0.3, -0.25) is 4.79 Å². The number of hydrogen-bond donors (Lipinski definition) is 1. The fourth-order valence-electron chi connectivity index (χ4n) is 1.31. The maximum atomic E-state index is 11.0. The molecule has 0 aromatic heterocycles. The fourth-order valence-corrected chi connectivity index (χ4v) is 1.31. The normalized spacial score (nSPS) is 9.67. The van der Waals surface area contributed by atoms with Crippen LogP contribution in [-0.4, -0.2) is 18.2 Å². The van der Waals surface area contributed by atoms with Crippen LogP contribution in [0.25, 0.3) is 0 Å². The lowest BCUT2D eigenvalue weighted by Crippen LogP contribution is -2.04. The first-order chi connectivity index (χ1) is 7.17. The number of methoxy groups -OCH3 is 1. The van der Waals surface area contributed by atoms with Crippen LogP contribution in [0, 0.1) is 0 Å². The number of benzene rings is 1. The van der Waals surface area contributed by atoms with E-state index in [1.807, 2.05) is 0 Å². The average Bonchev–Trinajstić information content (AvgIpc) is 2.23. The van der Waals surface area contributed by atoms with Crippen molar-refractivity contribution in [3.05, 3.63) is 42.0 Å². The molecular weight excluding hydrogens is 192 g/mol. The Hall–Kier alpha value is -1.77. The van der Waals surface area contributed by atoms with Crippen LogP contribution >= 0.6 is 0 Å². The van der Waals surface area contributed by atoms with Crippen LogP contribution in [-0.2, 0) is 22.4 Å². The molecule has 80 valence electrons. The lowest BCUT2D eigenvalue weighted by Gasteiger charge is -2.05. The van der Waals surface area contributed by atoms with Gasteiger partial charge < -0.3 is 9.84 Å². The summed E-state index contributed by atoms with van der Waals surface area (Å²) < 4.78 is 4.56. The third-order valence-corrected chi connectivity index (χ3v) is 2.08. The first kappa shape index (κ1) is 11.3. The van der Waals surface area contributed by atoms with Crippen LogP contribution in [0.5, 0.6) is 5.75 Å². The second-order valence-electron chi connectivity index (χ2n) is 3.21. The molecule has 0 saturated heterocycles. The van der Waals surface area contributed by atoms with E-state index in [9.17, 15) is 9.90 Å². The molecule has 1 aromatic rings. The number of aromatic hydroxyl groups is 1. The van der Waals surface area contributed by atoms with Gasteiger partial charge in [0.1, 0.15) is 5.75 Å². The zero-order chi connectivity index (χ0) is 11.3. The van der Waals surface area contributed by atoms with Crippen LogP contribution in [0.3, 0.4) is 0 Å². The molecule has 0 spiro atoms. The van der Waals surface area contributed by atoms with Crippen LogP contribution in [0.1, 0.15) is 11.1 Å².